The average molecular weight is 866 g/mol. The Balaban J connectivity index is 0. The van der Waals surface area contributed by atoms with Crippen LogP contribution in [0.1, 0.15) is 285 Å². The van der Waals surface area contributed by atoms with E-state index in [4.69, 9.17) is 18.9 Å². The molecule has 0 aromatic carbocycles. The van der Waals surface area contributed by atoms with E-state index >= 15 is 0 Å². The van der Waals surface area contributed by atoms with Gasteiger partial charge in [-0.3, -0.25) is 0 Å². The monoisotopic (exact) mass is 865 g/mol. The fourth-order valence-corrected chi connectivity index (χ4v) is 8.76. The predicted octanol–water partition coefficient (Wildman–Crippen LogP) is 17.9. The Morgan fingerprint density at radius 3 is 0.707 bits per heavy atom. The molecule has 1 radical (unpaired) electrons. The molecule has 0 aliphatic rings. The molecule has 0 saturated carbocycles. The topological polar surface area (TPSA) is 36.9 Å². The molecule has 58 heavy (non-hydrogen) atoms. The number of hydrogen-bond donors (Lipinski definition) is 0. The van der Waals surface area contributed by atoms with Crippen LogP contribution in [-0.2, 0) is 33.9 Å². The third-order valence-electron chi connectivity index (χ3n) is 11.5. The molecule has 0 heterocycles. The van der Waals surface area contributed by atoms with E-state index in [2.05, 4.69) is 42.7 Å². The average Bonchev–Trinajstić information content (AvgIpc) is 3.22. The number of rotatable bonds is 52. The molecule has 0 aromatic rings. The van der Waals surface area contributed by atoms with E-state index < -0.39 is 0 Å². The van der Waals surface area contributed by atoms with Crippen molar-refractivity contribution in [3.05, 3.63) is 0 Å². The first kappa shape index (κ1) is 61.0. The van der Waals surface area contributed by atoms with E-state index in [1.54, 1.807) is 0 Å². The van der Waals surface area contributed by atoms with E-state index in [-0.39, 0.29) is 31.4 Å². The van der Waals surface area contributed by atoms with Gasteiger partial charge in [0.1, 0.15) is 0 Å². The van der Waals surface area contributed by atoms with Crippen LogP contribution in [0.25, 0.3) is 0 Å². The Morgan fingerprint density at radius 1 is 0.259 bits per heavy atom. The molecule has 0 N–H and O–H groups in total. The van der Waals surface area contributed by atoms with Crippen molar-refractivity contribution in [3.8, 4) is 0 Å². The van der Waals surface area contributed by atoms with Gasteiger partial charge in [0.25, 0.3) is 0 Å². The fourth-order valence-electron chi connectivity index (χ4n) is 7.58. The van der Waals surface area contributed by atoms with Crippen LogP contribution in [0.4, 0.5) is 0 Å². The van der Waals surface area contributed by atoms with E-state index in [1.165, 1.54) is 255 Å². The molecule has 350 valence electrons. The molecule has 0 amide bonds. The first-order valence-corrected chi connectivity index (χ1v) is 27.5. The molecule has 0 unspecified atom stereocenters. The molecule has 0 aromatic heterocycles. The van der Waals surface area contributed by atoms with Crippen molar-refractivity contribution in [1.29, 1.82) is 0 Å². The zero-order valence-electron chi connectivity index (χ0n) is 40.6. The Bertz CT molecular complexity index is 600. The molecular weight excluding hydrogens is 759 g/mol. The van der Waals surface area contributed by atoms with Crippen LogP contribution in [0.3, 0.4) is 0 Å². The van der Waals surface area contributed by atoms with Gasteiger partial charge in [0.05, 0.1) is 0 Å². The minimum Gasteiger partial charge on any atom is -0.0654 e. The van der Waals surface area contributed by atoms with Crippen molar-refractivity contribution in [2.24, 2.45) is 0 Å². The van der Waals surface area contributed by atoms with E-state index in [1.807, 2.05) is 0 Å². The van der Waals surface area contributed by atoms with Crippen molar-refractivity contribution in [3.63, 3.8) is 0 Å². The molecule has 0 atom stereocenters. The predicted molar refractivity (Wildman–Crippen MR) is 254 cm³/mol. The molecule has 6 heteroatoms. The summed E-state index contributed by atoms with van der Waals surface area (Å²) in [6.07, 6.45) is 52.8. The van der Waals surface area contributed by atoms with E-state index in [0.717, 1.165) is 39.3 Å². The zero-order chi connectivity index (χ0) is 41.2. The van der Waals surface area contributed by atoms with E-state index in [0.29, 0.717) is 0 Å². The van der Waals surface area contributed by atoms with Crippen molar-refractivity contribution in [2.45, 2.75) is 308 Å². The Labute approximate surface area is 384 Å². The van der Waals surface area contributed by atoms with E-state index in [9.17, 15) is 0 Å². The fraction of sp³-hybridized carbons (Fsp3) is 1.00. The first-order chi connectivity index (χ1) is 28.3. The van der Waals surface area contributed by atoms with Crippen LogP contribution >= 0.6 is 0 Å². The van der Waals surface area contributed by atoms with Gasteiger partial charge in [-0.15, -0.1) is 0 Å². The standard InChI is InChI=1S/2C26H53O2.Cu.Li/c2*1-4-7-10-12-14-16-18-21-24-27-26(23-20-9-6-3)28-25-22-19-17-15-13-11-8-5-2;;/h2*26H,3-25H2,1-2H3;;. The number of ether oxygens (including phenoxy) is 4. The van der Waals surface area contributed by atoms with Gasteiger partial charge in [-0.05, 0) is 0 Å². The summed E-state index contributed by atoms with van der Waals surface area (Å²) in [5, 5.41) is 2.55. The van der Waals surface area contributed by atoms with Gasteiger partial charge in [0, 0.05) is 18.9 Å². The number of hydrogen-bond acceptors (Lipinski definition) is 4. The maximum atomic E-state index is 6.32. The molecule has 0 fully saturated rings. The van der Waals surface area contributed by atoms with Crippen LogP contribution in [0.15, 0.2) is 0 Å². The minimum absolute atomic E-state index is 0. The van der Waals surface area contributed by atoms with Crippen molar-refractivity contribution < 1.29 is 33.9 Å². The normalized spacial score (nSPS) is 11.8. The van der Waals surface area contributed by atoms with Crippen molar-refractivity contribution in [2.75, 3.05) is 26.4 Å². The van der Waals surface area contributed by atoms with Gasteiger partial charge in [0.2, 0.25) is 0 Å². The second kappa shape index (κ2) is 56.0. The third-order valence-corrected chi connectivity index (χ3v) is 12.8. The Kier molecular flexibility index (Phi) is 58.9. The van der Waals surface area contributed by atoms with Gasteiger partial charge < -0.3 is 0 Å². The molecule has 0 aliphatic heterocycles. The van der Waals surface area contributed by atoms with Gasteiger partial charge in [0.15, 0.2) is 0 Å². The van der Waals surface area contributed by atoms with Crippen molar-refractivity contribution >= 4 is 18.9 Å². The smallest absolute Gasteiger partial charge is 0.0654 e. The molecule has 0 saturated heterocycles. The van der Waals surface area contributed by atoms with Gasteiger partial charge in [-0.25, -0.2) is 0 Å². The van der Waals surface area contributed by atoms with Gasteiger partial charge >= 0.3 is 238 Å². The summed E-state index contributed by atoms with van der Waals surface area (Å²) >= 11 is 2.25. The Hall–Kier alpha value is 0.957. The molecular formula is C52H106CuLiO4. The van der Waals surface area contributed by atoms with Gasteiger partial charge in [-0.2, -0.15) is 0 Å². The SMILES string of the molecule is CCCCCCCCCCOC(CCCC[CH2][Cu][CH2]CCCCC(OCCCCCCCCCC)OCCCCCCCCCC)OCCCCCCCCCC.[Li]. The summed E-state index contributed by atoms with van der Waals surface area (Å²) in [6, 6.07) is 0. The second-order valence-electron chi connectivity index (χ2n) is 17.4. The van der Waals surface area contributed by atoms with Crippen LogP contribution in [0.5, 0.6) is 0 Å². The second-order valence-corrected chi connectivity index (χ2v) is 18.8. The molecule has 0 spiro atoms. The summed E-state index contributed by atoms with van der Waals surface area (Å²) in [6.45, 7) is 12.6. The summed E-state index contributed by atoms with van der Waals surface area (Å²) in [5.41, 5.74) is 0. The summed E-state index contributed by atoms with van der Waals surface area (Å²) in [4.78, 5) is 0. The van der Waals surface area contributed by atoms with Crippen LogP contribution in [-0.4, -0.2) is 57.9 Å². The summed E-state index contributed by atoms with van der Waals surface area (Å²) in [5.74, 6) is 0. The molecule has 0 bridgehead atoms. The van der Waals surface area contributed by atoms with Gasteiger partial charge in [-0.1, -0.05) is 130 Å². The zero-order valence-corrected chi connectivity index (χ0v) is 41.6. The Morgan fingerprint density at radius 2 is 0.466 bits per heavy atom. The number of unbranched alkanes of at least 4 members (excludes halogenated alkanes) is 32. The molecule has 0 rings (SSSR count). The third kappa shape index (κ3) is 51.3. The summed E-state index contributed by atoms with van der Waals surface area (Å²) in [7, 11) is 0. The maximum absolute atomic E-state index is 6.32. The summed E-state index contributed by atoms with van der Waals surface area (Å²) < 4.78 is 25.3. The molecule has 0 aliphatic carbocycles. The van der Waals surface area contributed by atoms with Crippen LogP contribution in [0, 0.1) is 0 Å². The van der Waals surface area contributed by atoms with Crippen molar-refractivity contribution in [1.82, 2.24) is 0 Å². The quantitative estimate of drug-likeness (QED) is 0.0347. The minimum atomic E-state index is 0. The first-order valence-electron chi connectivity index (χ1n) is 26.2. The van der Waals surface area contributed by atoms with Crippen LogP contribution < -0.4 is 0 Å². The van der Waals surface area contributed by atoms with Crippen LogP contribution in [0.2, 0.25) is 10.6 Å². The molecule has 4 nitrogen and oxygen atoms in total.